The smallest absolute Gasteiger partial charge is 0.122 e. The Morgan fingerprint density at radius 2 is 1.73 bits per heavy atom. The van der Waals surface area contributed by atoms with E-state index in [4.69, 9.17) is 4.74 Å². The van der Waals surface area contributed by atoms with Crippen LogP contribution in [0, 0.1) is 0 Å². The molecule has 4 unspecified atom stereocenters. The van der Waals surface area contributed by atoms with Gasteiger partial charge in [-0.2, -0.15) is 0 Å². The van der Waals surface area contributed by atoms with Gasteiger partial charge in [0.1, 0.15) is 17.6 Å². The van der Waals surface area contributed by atoms with E-state index < -0.39 is 12.2 Å². The van der Waals surface area contributed by atoms with Crippen molar-refractivity contribution in [3.8, 4) is 11.5 Å². The normalized spacial score (nSPS) is 24.9. The SMILES string of the molecule is COC1C(O)c2c(O)cccc2C2=C3CCC(NCc4ccccc4)c4c(O)ccc(c43)C21. The maximum atomic E-state index is 11.2. The first-order valence-electron chi connectivity index (χ1n) is 11.5. The summed E-state index contributed by atoms with van der Waals surface area (Å²) in [7, 11) is 1.61. The molecule has 4 atom stereocenters. The Morgan fingerprint density at radius 1 is 0.939 bits per heavy atom. The van der Waals surface area contributed by atoms with Gasteiger partial charge in [-0.1, -0.05) is 48.5 Å². The molecule has 0 saturated heterocycles. The molecule has 0 aliphatic heterocycles. The van der Waals surface area contributed by atoms with E-state index >= 15 is 0 Å². The van der Waals surface area contributed by atoms with E-state index in [1.54, 1.807) is 19.2 Å². The molecule has 5 nitrogen and oxygen atoms in total. The number of phenolic OH excluding ortho intramolecular Hbond substituents is 2. The van der Waals surface area contributed by atoms with Gasteiger partial charge in [0.05, 0.1) is 6.10 Å². The van der Waals surface area contributed by atoms with E-state index in [1.807, 2.05) is 36.4 Å². The molecule has 6 rings (SSSR count). The predicted octanol–water partition coefficient (Wildman–Crippen LogP) is 4.79. The molecule has 0 fully saturated rings. The highest BCUT2D eigenvalue weighted by atomic mass is 16.5. The summed E-state index contributed by atoms with van der Waals surface area (Å²) in [6, 6.07) is 19.5. The van der Waals surface area contributed by atoms with Crippen LogP contribution in [0.5, 0.6) is 11.5 Å². The fourth-order valence-corrected chi connectivity index (χ4v) is 6.17. The molecule has 3 aromatic rings. The molecule has 3 aromatic carbocycles. The molecule has 0 saturated carbocycles. The number of methoxy groups -OCH3 is 1. The molecule has 0 radical (unpaired) electrons. The minimum absolute atomic E-state index is 0.0271. The zero-order valence-corrected chi connectivity index (χ0v) is 18.5. The van der Waals surface area contributed by atoms with Crippen molar-refractivity contribution in [2.24, 2.45) is 0 Å². The predicted molar refractivity (Wildman–Crippen MR) is 127 cm³/mol. The molecule has 0 aromatic heterocycles. The van der Waals surface area contributed by atoms with Crippen LogP contribution < -0.4 is 5.32 Å². The van der Waals surface area contributed by atoms with Gasteiger partial charge in [0.25, 0.3) is 0 Å². The first-order valence-corrected chi connectivity index (χ1v) is 11.5. The van der Waals surface area contributed by atoms with E-state index in [0.717, 1.165) is 47.2 Å². The van der Waals surface area contributed by atoms with Crippen molar-refractivity contribution in [2.75, 3.05) is 7.11 Å². The van der Waals surface area contributed by atoms with Crippen LogP contribution in [-0.4, -0.2) is 28.5 Å². The zero-order valence-electron chi connectivity index (χ0n) is 18.5. The first kappa shape index (κ1) is 20.5. The topological polar surface area (TPSA) is 82.0 Å². The van der Waals surface area contributed by atoms with Gasteiger partial charge < -0.3 is 25.4 Å². The molecule has 0 heterocycles. The molecule has 168 valence electrons. The monoisotopic (exact) mass is 441 g/mol. The summed E-state index contributed by atoms with van der Waals surface area (Å²) in [6.45, 7) is 0.722. The van der Waals surface area contributed by atoms with Crippen LogP contribution >= 0.6 is 0 Å². The number of phenols is 2. The Labute approximate surface area is 193 Å². The Kier molecular flexibility index (Phi) is 4.80. The summed E-state index contributed by atoms with van der Waals surface area (Å²) in [6.07, 6.45) is 0.264. The number of allylic oxidation sites excluding steroid dienone is 1. The zero-order chi connectivity index (χ0) is 22.7. The van der Waals surface area contributed by atoms with Crippen LogP contribution in [0.25, 0.3) is 11.1 Å². The Bertz CT molecular complexity index is 1270. The second-order valence-corrected chi connectivity index (χ2v) is 9.17. The highest BCUT2D eigenvalue weighted by molar-refractivity contribution is 6.03. The Balaban J connectivity index is 1.50. The number of nitrogens with one attached hydrogen (secondary N) is 1. The third-order valence-corrected chi connectivity index (χ3v) is 7.54. The van der Waals surface area contributed by atoms with Gasteiger partial charge in [0.15, 0.2) is 0 Å². The highest BCUT2D eigenvalue weighted by Gasteiger charge is 2.48. The number of fused-ring (bicyclic) bond motifs is 4. The van der Waals surface area contributed by atoms with Gasteiger partial charge in [0.2, 0.25) is 0 Å². The average Bonchev–Trinajstić information content (AvgIpc) is 3.16. The lowest BCUT2D eigenvalue weighted by Crippen LogP contribution is -2.33. The van der Waals surface area contributed by atoms with Gasteiger partial charge in [-0.25, -0.2) is 0 Å². The van der Waals surface area contributed by atoms with Gasteiger partial charge in [-0.15, -0.1) is 0 Å². The fraction of sp³-hybridized carbons (Fsp3) is 0.286. The standard InChI is InChI=1S/C28H27NO4/c1-33-28-25-18-11-13-21(31)26-19(29-14-15-6-3-2-4-7-15)12-10-17(23(18)26)22(25)16-8-5-9-20(30)24(16)27(28)32/h2-9,11,13,19,25,27-32H,10,12,14H2,1H3. The van der Waals surface area contributed by atoms with E-state index in [9.17, 15) is 15.3 Å². The average molecular weight is 442 g/mol. The first-order chi connectivity index (χ1) is 16.1. The second kappa shape index (κ2) is 7.73. The van der Waals surface area contributed by atoms with Crippen LogP contribution in [-0.2, 0) is 11.3 Å². The van der Waals surface area contributed by atoms with Gasteiger partial charge in [-0.05, 0) is 58.4 Å². The number of aromatic hydroxyl groups is 2. The molecule has 4 N–H and O–H groups in total. The molecule has 0 amide bonds. The van der Waals surface area contributed by atoms with Crippen molar-refractivity contribution in [3.63, 3.8) is 0 Å². The summed E-state index contributed by atoms with van der Waals surface area (Å²) < 4.78 is 5.83. The van der Waals surface area contributed by atoms with Crippen molar-refractivity contribution in [1.82, 2.24) is 5.32 Å². The minimum Gasteiger partial charge on any atom is -0.508 e. The molecule has 3 aliphatic rings. The van der Waals surface area contributed by atoms with Gasteiger partial charge in [0, 0.05) is 36.7 Å². The molecule has 0 spiro atoms. The molecule has 3 aliphatic carbocycles. The largest absolute Gasteiger partial charge is 0.508 e. The number of hydrogen-bond acceptors (Lipinski definition) is 5. The lowest BCUT2D eigenvalue weighted by molar-refractivity contribution is -0.0234. The van der Waals surface area contributed by atoms with Crippen molar-refractivity contribution < 1.29 is 20.1 Å². The summed E-state index contributed by atoms with van der Waals surface area (Å²) in [5, 5.41) is 36.4. The van der Waals surface area contributed by atoms with Gasteiger partial charge in [-0.3, -0.25) is 0 Å². The van der Waals surface area contributed by atoms with Gasteiger partial charge >= 0.3 is 0 Å². The van der Waals surface area contributed by atoms with Crippen molar-refractivity contribution in [1.29, 1.82) is 0 Å². The van der Waals surface area contributed by atoms with Crippen LogP contribution in [0.1, 0.15) is 64.3 Å². The number of ether oxygens (including phenoxy) is 1. The third-order valence-electron chi connectivity index (χ3n) is 7.54. The van der Waals surface area contributed by atoms with Crippen molar-refractivity contribution in [3.05, 3.63) is 94.0 Å². The molecular formula is C28H27NO4. The fourth-order valence-electron chi connectivity index (χ4n) is 6.17. The minimum atomic E-state index is -0.933. The maximum Gasteiger partial charge on any atom is 0.122 e. The van der Waals surface area contributed by atoms with Crippen molar-refractivity contribution >= 4 is 11.1 Å². The summed E-state index contributed by atoms with van der Waals surface area (Å²) in [5.74, 6) is 0.240. The maximum absolute atomic E-state index is 11.2. The Hall–Kier alpha value is -3.12. The van der Waals surface area contributed by atoms with Crippen LogP contribution in [0.3, 0.4) is 0 Å². The lowest BCUT2D eigenvalue weighted by atomic mass is 9.74. The number of rotatable bonds is 4. The van der Waals surface area contributed by atoms with E-state index in [1.165, 1.54) is 11.1 Å². The summed E-state index contributed by atoms with van der Waals surface area (Å²) in [4.78, 5) is 0. The Morgan fingerprint density at radius 3 is 2.52 bits per heavy atom. The van der Waals surface area contributed by atoms with Crippen LogP contribution in [0.2, 0.25) is 0 Å². The van der Waals surface area contributed by atoms with Crippen LogP contribution in [0.15, 0.2) is 60.7 Å². The highest BCUT2D eigenvalue weighted by Crippen LogP contribution is 2.61. The molecule has 0 bridgehead atoms. The van der Waals surface area contributed by atoms with Crippen molar-refractivity contribution in [2.45, 2.75) is 43.6 Å². The number of aliphatic hydroxyl groups is 1. The quantitative estimate of drug-likeness (QED) is 0.468. The lowest BCUT2D eigenvalue weighted by Gasteiger charge is -2.37. The molecule has 33 heavy (non-hydrogen) atoms. The second-order valence-electron chi connectivity index (χ2n) is 9.17. The van der Waals surface area contributed by atoms with E-state index in [0.29, 0.717) is 11.3 Å². The third kappa shape index (κ3) is 2.97. The molecule has 5 heteroatoms. The summed E-state index contributed by atoms with van der Waals surface area (Å²) in [5.41, 5.74) is 8.02. The van der Waals surface area contributed by atoms with E-state index in [2.05, 4.69) is 17.4 Å². The van der Waals surface area contributed by atoms with Crippen LogP contribution in [0.4, 0.5) is 0 Å². The number of hydrogen-bond donors (Lipinski definition) is 4. The number of aliphatic hydroxyl groups excluding tert-OH is 1. The molecular weight excluding hydrogens is 414 g/mol. The summed E-state index contributed by atoms with van der Waals surface area (Å²) >= 11 is 0. The van der Waals surface area contributed by atoms with E-state index in [-0.39, 0.29) is 17.7 Å². The number of benzene rings is 3.